The normalized spacial score (nSPS) is 10.8. The van der Waals surface area contributed by atoms with Gasteiger partial charge in [-0.2, -0.15) is 0 Å². The van der Waals surface area contributed by atoms with Crippen LogP contribution >= 0.6 is 0 Å². The van der Waals surface area contributed by atoms with Crippen LogP contribution in [0.15, 0.2) is 18.2 Å². The third-order valence-corrected chi connectivity index (χ3v) is 2.97. The van der Waals surface area contributed by atoms with Gasteiger partial charge >= 0.3 is 0 Å². The van der Waals surface area contributed by atoms with Gasteiger partial charge in [-0.15, -0.1) is 0 Å². The topological polar surface area (TPSA) is 69.9 Å². The molecule has 6 nitrogen and oxygen atoms in total. The van der Waals surface area contributed by atoms with Gasteiger partial charge in [0.05, 0.1) is 17.1 Å². The van der Waals surface area contributed by atoms with Crippen molar-refractivity contribution in [2.75, 3.05) is 39.1 Å². The Balaban J connectivity index is 2.75. The average molecular weight is 267 g/mol. The summed E-state index contributed by atoms with van der Waals surface area (Å²) in [6, 6.07) is 4.84. The molecule has 1 N–H and O–H groups in total. The molecule has 0 saturated carbocycles. The summed E-state index contributed by atoms with van der Waals surface area (Å²) < 4.78 is 0. The van der Waals surface area contributed by atoms with E-state index in [0.717, 1.165) is 25.2 Å². The Bertz CT molecular complexity index is 435. The van der Waals surface area contributed by atoms with Gasteiger partial charge in [-0.25, -0.2) is 0 Å². The Kier molecular flexibility index (Phi) is 5.72. The first kappa shape index (κ1) is 15.4. The van der Waals surface area contributed by atoms with Crippen LogP contribution in [0.4, 0.5) is 11.4 Å². The lowest BCUT2D eigenvalue weighted by Gasteiger charge is -2.21. The van der Waals surface area contributed by atoms with Crippen molar-refractivity contribution in [3.05, 3.63) is 33.9 Å². The van der Waals surface area contributed by atoms with Gasteiger partial charge in [0.25, 0.3) is 5.69 Å². The minimum Gasteiger partial charge on any atom is -0.391 e. The van der Waals surface area contributed by atoms with E-state index in [1.807, 2.05) is 26.0 Å². The number of hydrogen-bond donors (Lipinski definition) is 1. The maximum atomic E-state index is 10.8. The van der Waals surface area contributed by atoms with Crippen LogP contribution in [-0.4, -0.2) is 49.2 Å². The molecule has 106 valence electrons. The highest BCUT2D eigenvalue weighted by Gasteiger charge is 2.14. The van der Waals surface area contributed by atoms with Crippen molar-refractivity contribution in [3.8, 4) is 0 Å². The SMILES string of the molecule is CN(C)CCCN(C)c1ccc([N+](=O)[O-])c(CO)c1. The Hall–Kier alpha value is -1.66. The van der Waals surface area contributed by atoms with Gasteiger partial charge in [-0.05, 0) is 39.2 Å². The van der Waals surface area contributed by atoms with Crippen LogP contribution < -0.4 is 4.90 Å². The minimum absolute atomic E-state index is 0.0343. The quantitative estimate of drug-likeness (QED) is 0.598. The van der Waals surface area contributed by atoms with Crippen molar-refractivity contribution in [1.29, 1.82) is 0 Å². The maximum Gasteiger partial charge on any atom is 0.275 e. The molecule has 1 rings (SSSR count). The van der Waals surface area contributed by atoms with Crippen molar-refractivity contribution in [2.45, 2.75) is 13.0 Å². The van der Waals surface area contributed by atoms with Gasteiger partial charge < -0.3 is 14.9 Å². The number of hydrogen-bond acceptors (Lipinski definition) is 5. The molecule has 0 fully saturated rings. The molecule has 0 atom stereocenters. The third kappa shape index (κ3) is 4.50. The third-order valence-electron chi connectivity index (χ3n) is 2.97. The Labute approximate surface area is 113 Å². The summed E-state index contributed by atoms with van der Waals surface area (Å²) in [5.41, 5.74) is 1.20. The fourth-order valence-electron chi connectivity index (χ4n) is 1.87. The van der Waals surface area contributed by atoms with Crippen molar-refractivity contribution in [2.24, 2.45) is 0 Å². The second kappa shape index (κ2) is 7.06. The number of benzene rings is 1. The zero-order chi connectivity index (χ0) is 14.4. The predicted molar refractivity (Wildman–Crippen MR) is 75.5 cm³/mol. The largest absolute Gasteiger partial charge is 0.391 e. The van der Waals surface area contributed by atoms with Crippen LogP contribution in [0.3, 0.4) is 0 Å². The molecule has 0 aliphatic heterocycles. The summed E-state index contributed by atoms with van der Waals surface area (Å²) in [4.78, 5) is 14.5. The number of nitro groups is 1. The molecule has 0 saturated heterocycles. The van der Waals surface area contributed by atoms with E-state index in [0.29, 0.717) is 5.56 Å². The van der Waals surface area contributed by atoms with E-state index in [-0.39, 0.29) is 12.3 Å². The molecule has 0 aliphatic carbocycles. The van der Waals surface area contributed by atoms with E-state index in [4.69, 9.17) is 0 Å². The van der Waals surface area contributed by atoms with E-state index < -0.39 is 4.92 Å². The minimum atomic E-state index is -0.471. The van der Waals surface area contributed by atoms with Gasteiger partial charge in [0, 0.05) is 25.3 Å². The van der Waals surface area contributed by atoms with E-state index in [1.54, 1.807) is 12.1 Å². The molecule has 0 spiro atoms. The molecule has 6 heteroatoms. The number of rotatable bonds is 7. The van der Waals surface area contributed by atoms with E-state index in [9.17, 15) is 15.2 Å². The molecule has 0 amide bonds. The Morgan fingerprint density at radius 2 is 1.95 bits per heavy atom. The highest BCUT2D eigenvalue weighted by molar-refractivity contribution is 5.55. The number of nitrogens with zero attached hydrogens (tertiary/aromatic N) is 3. The molecule has 0 aliphatic rings. The fourth-order valence-corrected chi connectivity index (χ4v) is 1.87. The molecule has 0 unspecified atom stereocenters. The first-order valence-electron chi connectivity index (χ1n) is 6.19. The molecule has 0 radical (unpaired) electrons. The van der Waals surface area contributed by atoms with Gasteiger partial charge in [-0.1, -0.05) is 0 Å². The first-order valence-corrected chi connectivity index (χ1v) is 6.19. The van der Waals surface area contributed by atoms with Crippen LogP contribution in [0.5, 0.6) is 0 Å². The molecule has 19 heavy (non-hydrogen) atoms. The van der Waals surface area contributed by atoms with Crippen molar-refractivity contribution in [1.82, 2.24) is 4.90 Å². The smallest absolute Gasteiger partial charge is 0.275 e. The predicted octanol–water partition coefficient (Wildman–Crippen LogP) is 1.47. The van der Waals surface area contributed by atoms with Crippen molar-refractivity contribution >= 4 is 11.4 Å². The zero-order valence-electron chi connectivity index (χ0n) is 11.7. The highest BCUT2D eigenvalue weighted by Crippen LogP contribution is 2.24. The molecular weight excluding hydrogens is 246 g/mol. The van der Waals surface area contributed by atoms with Crippen molar-refractivity contribution < 1.29 is 10.0 Å². The average Bonchev–Trinajstić information content (AvgIpc) is 2.37. The van der Waals surface area contributed by atoms with Crippen LogP contribution in [0, 0.1) is 10.1 Å². The van der Waals surface area contributed by atoms with Gasteiger partial charge in [0.2, 0.25) is 0 Å². The van der Waals surface area contributed by atoms with Crippen molar-refractivity contribution in [3.63, 3.8) is 0 Å². The molecular formula is C13H21N3O3. The number of nitro benzene ring substituents is 1. The maximum absolute atomic E-state index is 10.8. The molecule has 0 bridgehead atoms. The Morgan fingerprint density at radius 3 is 2.47 bits per heavy atom. The number of aliphatic hydroxyl groups excluding tert-OH is 1. The van der Waals surface area contributed by atoms with Crippen LogP contribution in [0.25, 0.3) is 0 Å². The highest BCUT2D eigenvalue weighted by atomic mass is 16.6. The van der Waals surface area contributed by atoms with Gasteiger partial charge in [-0.3, -0.25) is 10.1 Å². The lowest BCUT2D eigenvalue weighted by atomic mass is 10.1. The molecule has 1 aromatic carbocycles. The zero-order valence-corrected chi connectivity index (χ0v) is 11.7. The second-order valence-electron chi connectivity index (χ2n) is 4.81. The first-order chi connectivity index (χ1) is 8.95. The lowest BCUT2D eigenvalue weighted by Crippen LogP contribution is -2.23. The standard InChI is InChI=1S/C13H21N3O3/c1-14(2)7-4-8-15(3)12-5-6-13(16(18)19)11(9-12)10-17/h5-6,9,17H,4,7-8,10H2,1-3H3. The second-order valence-corrected chi connectivity index (χ2v) is 4.81. The molecule has 0 aromatic heterocycles. The summed E-state index contributed by atoms with van der Waals surface area (Å²) in [7, 11) is 5.99. The lowest BCUT2D eigenvalue weighted by molar-refractivity contribution is -0.385. The summed E-state index contributed by atoms with van der Waals surface area (Å²) in [6.07, 6.45) is 1.01. The van der Waals surface area contributed by atoms with E-state index in [2.05, 4.69) is 4.90 Å². The summed E-state index contributed by atoms with van der Waals surface area (Å²) >= 11 is 0. The van der Waals surface area contributed by atoms with Crippen LogP contribution in [0.1, 0.15) is 12.0 Å². The molecule has 0 heterocycles. The van der Waals surface area contributed by atoms with E-state index >= 15 is 0 Å². The monoisotopic (exact) mass is 267 g/mol. The summed E-state index contributed by atoms with van der Waals surface area (Å²) in [5.74, 6) is 0. The molecule has 1 aromatic rings. The summed E-state index contributed by atoms with van der Waals surface area (Å²) in [5, 5.41) is 20.0. The van der Waals surface area contributed by atoms with Gasteiger partial charge in [0.1, 0.15) is 0 Å². The fraction of sp³-hybridized carbons (Fsp3) is 0.538. The van der Waals surface area contributed by atoms with Crippen LogP contribution in [-0.2, 0) is 6.61 Å². The Morgan fingerprint density at radius 1 is 1.26 bits per heavy atom. The summed E-state index contributed by atoms with van der Waals surface area (Å²) in [6.45, 7) is 1.53. The van der Waals surface area contributed by atoms with E-state index in [1.165, 1.54) is 6.07 Å². The number of anilines is 1. The number of aliphatic hydroxyl groups is 1. The van der Waals surface area contributed by atoms with Crippen LogP contribution in [0.2, 0.25) is 0 Å². The van der Waals surface area contributed by atoms with Gasteiger partial charge in [0.15, 0.2) is 0 Å².